The minimum Gasteiger partial charge on any atom is -0.246 e. The lowest BCUT2D eigenvalue weighted by atomic mass is 9.90. The first-order valence-electron chi connectivity index (χ1n) is 4.98. The second-order valence-corrected chi connectivity index (χ2v) is 4.40. The molecule has 1 nitrogen and oxygen atoms in total. The Morgan fingerprint density at radius 1 is 1.38 bits per heavy atom. The van der Waals surface area contributed by atoms with Crippen molar-refractivity contribution < 1.29 is 0 Å². The third kappa shape index (κ3) is 1.78. The number of aromatic nitrogens is 1. The Labute approximate surface area is 87.7 Å². The summed E-state index contributed by atoms with van der Waals surface area (Å²) in [7, 11) is 0. The molecular formula is C11H14BrN. The molecule has 2 rings (SSSR count). The van der Waals surface area contributed by atoms with Gasteiger partial charge in [-0.25, -0.2) is 4.98 Å². The molecule has 1 aliphatic carbocycles. The molecule has 13 heavy (non-hydrogen) atoms. The smallest absolute Gasteiger partial charge is 0.106 e. The zero-order valence-corrected chi connectivity index (χ0v) is 9.52. The highest BCUT2D eigenvalue weighted by atomic mass is 79.9. The molecule has 0 fully saturated rings. The third-order valence-corrected chi connectivity index (χ3v) is 3.14. The molecule has 1 aromatic rings. The van der Waals surface area contributed by atoms with E-state index in [-0.39, 0.29) is 0 Å². The van der Waals surface area contributed by atoms with Crippen LogP contribution in [-0.2, 0) is 19.3 Å². The van der Waals surface area contributed by atoms with Gasteiger partial charge in [-0.1, -0.05) is 6.92 Å². The highest BCUT2D eigenvalue weighted by Gasteiger charge is 2.13. The van der Waals surface area contributed by atoms with Crippen molar-refractivity contribution in [3.8, 4) is 0 Å². The number of fused-ring (bicyclic) bond motifs is 1. The van der Waals surface area contributed by atoms with Crippen LogP contribution >= 0.6 is 15.9 Å². The molecule has 0 unspecified atom stereocenters. The molecule has 0 bridgehead atoms. The van der Waals surface area contributed by atoms with Crippen LogP contribution in [0.15, 0.2) is 10.7 Å². The van der Waals surface area contributed by atoms with Crippen LogP contribution in [0.5, 0.6) is 0 Å². The Morgan fingerprint density at radius 3 is 2.92 bits per heavy atom. The van der Waals surface area contributed by atoms with E-state index in [0.717, 1.165) is 11.0 Å². The molecule has 0 N–H and O–H groups in total. The lowest BCUT2D eigenvalue weighted by Gasteiger charge is -2.18. The van der Waals surface area contributed by atoms with Crippen molar-refractivity contribution in [1.82, 2.24) is 4.98 Å². The summed E-state index contributed by atoms with van der Waals surface area (Å²) >= 11 is 3.47. The van der Waals surface area contributed by atoms with Crippen LogP contribution in [0.2, 0.25) is 0 Å². The molecular weight excluding hydrogens is 226 g/mol. The van der Waals surface area contributed by atoms with E-state index >= 15 is 0 Å². The van der Waals surface area contributed by atoms with Crippen molar-refractivity contribution in [2.45, 2.75) is 39.0 Å². The first kappa shape index (κ1) is 9.20. The summed E-state index contributed by atoms with van der Waals surface area (Å²) in [5, 5.41) is 0. The summed E-state index contributed by atoms with van der Waals surface area (Å²) in [6.07, 6.45) is 6.21. The zero-order chi connectivity index (χ0) is 9.26. The largest absolute Gasteiger partial charge is 0.246 e. The van der Waals surface area contributed by atoms with Crippen molar-refractivity contribution in [3.05, 3.63) is 27.5 Å². The SMILES string of the molecule is CCc1nc(Br)cc2c1CCCC2. The van der Waals surface area contributed by atoms with Gasteiger partial charge < -0.3 is 0 Å². The van der Waals surface area contributed by atoms with Gasteiger partial charge in [0.05, 0.1) is 0 Å². The molecule has 1 aromatic heterocycles. The van der Waals surface area contributed by atoms with Crippen LogP contribution in [0, 0.1) is 0 Å². The molecule has 0 aromatic carbocycles. The first-order valence-corrected chi connectivity index (χ1v) is 5.77. The highest BCUT2D eigenvalue weighted by molar-refractivity contribution is 9.10. The van der Waals surface area contributed by atoms with Gasteiger partial charge in [0.2, 0.25) is 0 Å². The van der Waals surface area contributed by atoms with Gasteiger partial charge in [-0.2, -0.15) is 0 Å². The van der Waals surface area contributed by atoms with E-state index in [4.69, 9.17) is 0 Å². The maximum Gasteiger partial charge on any atom is 0.106 e. The molecule has 0 radical (unpaired) electrons. The second kappa shape index (κ2) is 3.79. The summed E-state index contributed by atoms with van der Waals surface area (Å²) in [6, 6.07) is 2.19. The molecule has 0 aliphatic heterocycles. The van der Waals surface area contributed by atoms with Crippen LogP contribution in [0.3, 0.4) is 0 Å². The predicted molar refractivity (Wildman–Crippen MR) is 58.0 cm³/mol. The van der Waals surface area contributed by atoms with Crippen molar-refractivity contribution in [2.24, 2.45) is 0 Å². The minimum atomic E-state index is 1.00. The predicted octanol–water partition coefficient (Wildman–Crippen LogP) is 3.29. The van der Waals surface area contributed by atoms with E-state index in [0.29, 0.717) is 0 Å². The first-order chi connectivity index (χ1) is 6.31. The van der Waals surface area contributed by atoms with Gasteiger partial charge in [0.1, 0.15) is 4.60 Å². The summed E-state index contributed by atoms with van der Waals surface area (Å²) in [5.74, 6) is 0. The van der Waals surface area contributed by atoms with Gasteiger partial charge in [-0.05, 0) is 65.2 Å². The highest BCUT2D eigenvalue weighted by Crippen LogP contribution is 2.26. The summed E-state index contributed by atoms with van der Waals surface area (Å²) in [4.78, 5) is 4.52. The normalized spacial score (nSPS) is 15.5. The minimum absolute atomic E-state index is 1.00. The van der Waals surface area contributed by atoms with Crippen LogP contribution in [0.25, 0.3) is 0 Å². The van der Waals surface area contributed by atoms with Crippen LogP contribution < -0.4 is 0 Å². The quantitative estimate of drug-likeness (QED) is 0.686. The van der Waals surface area contributed by atoms with E-state index in [1.807, 2.05) is 0 Å². The molecule has 2 heteroatoms. The molecule has 70 valence electrons. The fourth-order valence-electron chi connectivity index (χ4n) is 2.08. The molecule has 0 saturated heterocycles. The van der Waals surface area contributed by atoms with E-state index in [1.54, 1.807) is 0 Å². The Bertz CT molecular complexity index is 303. The number of hydrogen-bond acceptors (Lipinski definition) is 1. The number of rotatable bonds is 1. The Balaban J connectivity index is 2.50. The summed E-state index contributed by atoms with van der Waals surface area (Å²) in [5.41, 5.74) is 4.34. The lowest BCUT2D eigenvalue weighted by Crippen LogP contribution is -2.08. The average Bonchev–Trinajstić information content (AvgIpc) is 2.16. The molecule has 1 aliphatic rings. The molecule has 0 atom stereocenters. The van der Waals surface area contributed by atoms with Gasteiger partial charge in [-0.3, -0.25) is 0 Å². The number of aryl methyl sites for hydroxylation is 2. The monoisotopic (exact) mass is 239 g/mol. The second-order valence-electron chi connectivity index (χ2n) is 3.59. The topological polar surface area (TPSA) is 12.9 Å². The Hall–Kier alpha value is -0.370. The van der Waals surface area contributed by atoms with E-state index in [9.17, 15) is 0 Å². The Kier molecular flexibility index (Phi) is 2.68. The summed E-state index contributed by atoms with van der Waals surface area (Å²) < 4.78 is 1.00. The maximum absolute atomic E-state index is 4.52. The van der Waals surface area contributed by atoms with Crippen molar-refractivity contribution in [1.29, 1.82) is 0 Å². The molecule has 0 spiro atoms. The summed E-state index contributed by atoms with van der Waals surface area (Å²) in [6.45, 7) is 2.18. The van der Waals surface area contributed by atoms with Gasteiger partial charge in [0, 0.05) is 5.69 Å². The lowest BCUT2D eigenvalue weighted by molar-refractivity contribution is 0.671. The molecule has 1 heterocycles. The fraction of sp³-hybridized carbons (Fsp3) is 0.545. The van der Waals surface area contributed by atoms with Crippen molar-refractivity contribution in [2.75, 3.05) is 0 Å². The number of halogens is 1. The standard InChI is InChI=1S/C11H14BrN/c1-2-10-9-6-4-3-5-8(9)7-11(12)13-10/h7H,2-6H2,1H3. The van der Waals surface area contributed by atoms with Gasteiger partial charge in [0.15, 0.2) is 0 Å². The molecule has 0 saturated carbocycles. The Morgan fingerprint density at radius 2 is 2.15 bits per heavy atom. The third-order valence-electron chi connectivity index (χ3n) is 2.73. The fourth-order valence-corrected chi connectivity index (χ4v) is 2.57. The van der Waals surface area contributed by atoms with Crippen LogP contribution in [-0.4, -0.2) is 4.98 Å². The van der Waals surface area contributed by atoms with Gasteiger partial charge in [-0.15, -0.1) is 0 Å². The van der Waals surface area contributed by atoms with E-state index in [1.165, 1.54) is 42.5 Å². The maximum atomic E-state index is 4.52. The van der Waals surface area contributed by atoms with E-state index < -0.39 is 0 Å². The number of pyridine rings is 1. The van der Waals surface area contributed by atoms with Crippen molar-refractivity contribution >= 4 is 15.9 Å². The van der Waals surface area contributed by atoms with E-state index in [2.05, 4.69) is 33.9 Å². The number of nitrogens with zero attached hydrogens (tertiary/aromatic N) is 1. The van der Waals surface area contributed by atoms with Crippen LogP contribution in [0.1, 0.15) is 36.6 Å². The zero-order valence-electron chi connectivity index (χ0n) is 7.94. The average molecular weight is 240 g/mol. The van der Waals surface area contributed by atoms with Crippen LogP contribution in [0.4, 0.5) is 0 Å². The van der Waals surface area contributed by atoms with Gasteiger partial charge in [0.25, 0.3) is 0 Å². The number of hydrogen-bond donors (Lipinski definition) is 0. The van der Waals surface area contributed by atoms with Crippen molar-refractivity contribution in [3.63, 3.8) is 0 Å². The molecule has 0 amide bonds. The van der Waals surface area contributed by atoms with Gasteiger partial charge >= 0.3 is 0 Å².